The minimum absolute atomic E-state index is 0.411. The number of ether oxygens (including phenoxy) is 3. The largest absolute Gasteiger partial charge is 0.490 e. The summed E-state index contributed by atoms with van der Waals surface area (Å²) in [5, 5.41) is 2.83. The van der Waals surface area contributed by atoms with Crippen LogP contribution in [0.5, 0.6) is 5.75 Å². The van der Waals surface area contributed by atoms with Crippen molar-refractivity contribution in [2.45, 2.75) is 52.5 Å². The molecule has 0 fully saturated rings. The third kappa shape index (κ3) is 4.87. The Morgan fingerprint density at radius 3 is 2.90 bits per heavy atom. The lowest BCUT2D eigenvalue weighted by atomic mass is 9.96. The van der Waals surface area contributed by atoms with Crippen molar-refractivity contribution in [2.24, 2.45) is 0 Å². The molecule has 0 atom stereocenters. The molecule has 160 valence electrons. The molecule has 30 heavy (non-hydrogen) atoms. The van der Waals surface area contributed by atoms with Crippen LogP contribution in [0, 0.1) is 0 Å². The van der Waals surface area contributed by atoms with Gasteiger partial charge < -0.3 is 24.4 Å². The summed E-state index contributed by atoms with van der Waals surface area (Å²) in [5.74, 6) is 0.885. The van der Waals surface area contributed by atoms with Crippen LogP contribution in [0.2, 0.25) is 0 Å². The number of amides is 1. The molecule has 0 saturated heterocycles. The summed E-state index contributed by atoms with van der Waals surface area (Å²) < 4.78 is 16.8. The number of hydrogen-bond donors (Lipinski definition) is 1. The Labute approximate surface area is 178 Å². The highest BCUT2D eigenvalue weighted by atomic mass is 16.6. The molecule has 1 amide bonds. The molecule has 2 aromatic carbocycles. The number of anilines is 1. The van der Waals surface area contributed by atoms with Gasteiger partial charge in [0.25, 0.3) is 0 Å². The fourth-order valence-electron chi connectivity index (χ4n) is 3.94. The summed E-state index contributed by atoms with van der Waals surface area (Å²) in [7, 11) is 0. The van der Waals surface area contributed by atoms with Gasteiger partial charge in [-0.15, -0.1) is 0 Å². The quantitative estimate of drug-likeness (QED) is 0.819. The van der Waals surface area contributed by atoms with E-state index in [1.54, 1.807) is 0 Å². The molecular formula is C24H30N2O4. The second-order valence-corrected chi connectivity index (χ2v) is 8.78. The second-order valence-electron chi connectivity index (χ2n) is 8.78. The first-order valence-electron chi connectivity index (χ1n) is 10.5. The van der Waals surface area contributed by atoms with Crippen molar-refractivity contribution in [1.29, 1.82) is 0 Å². The second kappa shape index (κ2) is 8.56. The van der Waals surface area contributed by atoms with Gasteiger partial charge in [0.05, 0.1) is 25.4 Å². The Morgan fingerprint density at radius 1 is 1.20 bits per heavy atom. The molecule has 0 spiro atoms. The average molecular weight is 411 g/mol. The molecule has 4 rings (SSSR count). The molecule has 0 bridgehead atoms. The van der Waals surface area contributed by atoms with Gasteiger partial charge in [-0.25, -0.2) is 4.79 Å². The van der Waals surface area contributed by atoms with E-state index in [0.29, 0.717) is 19.8 Å². The van der Waals surface area contributed by atoms with Crippen molar-refractivity contribution in [1.82, 2.24) is 5.32 Å². The standard InChI is InChI=1S/C24H30N2O4/c1-24(2,3)30-23(27)25-14-17-7-8-22-21(13-17)26(10-12-29-22)15-18-5-4-6-19-16-28-11-9-20(18)19/h4-8,13H,9-12,14-16H2,1-3H3,(H,25,27). The van der Waals surface area contributed by atoms with Crippen LogP contribution < -0.4 is 15.0 Å². The van der Waals surface area contributed by atoms with Crippen molar-refractivity contribution in [2.75, 3.05) is 24.7 Å². The van der Waals surface area contributed by atoms with Gasteiger partial charge in [-0.05, 0) is 61.6 Å². The molecule has 0 aromatic heterocycles. The van der Waals surface area contributed by atoms with Crippen molar-refractivity contribution >= 4 is 11.8 Å². The molecule has 0 aliphatic carbocycles. The summed E-state index contributed by atoms with van der Waals surface area (Å²) in [4.78, 5) is 14.3. The molecular weight excluding hydrogens is 380 g/mol. The molecule has 6 nitrogen and oxygen atoms in total. The fourth-order valence-corrected chi connectivity index (χ4v) is 3.94. The Balaban J connectivity index is 1.49. The monoisotopic (exact) mass is 410 g/mol. The number of fused-ring (bicyclic) bond motifs is 2. The maximum Gasteiger partial charge on any atom is 0.407 e. The van der Waals surface area contributed by atoms with E-state index in [1.807, 2.05) is 32.9 Å². The number of rotatable bonds is 4. The normalized spacial score (nSPS) is 15.6. The van der Waals surface area contributed by atoms with Crippen LogP contribution in [0.4, 0.5) is 10.5 Å². The summed E-state index contributed by atoms with van der Waals surface area (Å²) in [6, 6.07) is 12.6. The van der Waals surface area contributed by atoms with Gasteiger partial charge in [-0.1, -0.05) is 24.3 Å². The predicted molar refractivity (Wildman–Crippen MR) is 116 cm³/mol. The molecule has 2 aromatic rings. The molecule has 0 unspecified atom stereocenters. The van der Waals surface area contributed by atoms with Crippen LogP contribution in [-0.2, 0) is 35.6 Å². The zero-order valence-electron chi connectivity index (χ0n) is 18.0. The number of alkyl carbamates (subject to hydrolysis) is 1. The summed E-state index contributed by atoms with van der Waals surface area (Å²) in [6.07, 6.45) is 0.550. The van der Waals surface area contributed by atoms with Crippen molar-refractivity contribution in [3.05, 3.63) is 58.7 Å². The Kier molecular flexibility index (Phi) is 5.86. The molecule has 2 aliphatic heterocycles. The van der Waals surface area contributed by atoms with Gasteiger partial charge in [0.2, 0.25) is 0 Å². The lowest BCUT2D eigenvalue weighted by Crippen LogP contribution is -2.33. The van der Waals surface area contributed by atoms with Crippen LogP contribution in [0.3, 0.4) is 0 Å². The van der Waals surface area contributed by atoms with Crippen molar-refractivity contribution < 1.29 is 19.0 Å². The van der Waals surface area contributed by atoms with Gasteiger partial charge in [-0.2, -0.15) is 0 Å². The first-order chi connectivity index (χ1) is 14.4. The first kappa shape index (κ1) is 20.5. The molecule has 1 N–H and O–H groups in total. The number of carbonyl (C=O) groups is 1. The van der Waals surface area contributed by atoms with Crippen LogP contribution in [0.1, 0.15) is 43.0 Å². The Morgan fingerprint density at radius 2 is 2.07 bits per heavy atom. The smallest absolute Gasteiger partial charge is 0.407 e. The number of nitrogens with one attached hydrogen (secondary N) is 1. The zero-order chi connectivity index (χ0) is 21.1. The molecule has 2 aliphatic rings. The van der Waals surface area contributed by atoms with Gasteiger partial charge >= 0.3 is 6.09 Å². The molecule has 6 heteroatoms. The lowest BCUT2D eigenvalue weighted by Gasteiger charge is -2.33. The highest BCUT2D eigenvalue weighted by Crippen LogP contribution is 2.34. The summed E-state index contributed by atoms with van der Waals surface area (Å²) >= 11 is 0. The van der Waals surface area contributed by atoms with E-state index in [9.17, 15) is 4.79 Å². The van der Waals surface area contributed by atoms with E-state index in [-0.39, 0.29) is 0 Å². The number of nitrogens with zero attached hydrogens (tertiary/aromatic N) is 1. The van der Waals surface area contributed by atoms with E-state index in [2.05, 4.69) is 34.5 Å². The minimum Gasteiger partial charge on any atom is -0.490 e. The maximum atomic E-state index is 12.0. The van der Waals surface area contributed by atoms with Gasteiger partial charge in [0.1, 0.15) is 18.0 Å². The first-order valence-corrected chi connectivity index (χ1v) is 10.5. The third-order valence-electron chi connectivity index (χ3n) is 5.30. The average Bonchev–Trinajstić information content (AvgIpc) is 2.71. The van der Waals surface area contributed by atoms with Gasteiger partial charge in [0.15, 0.2) is 0 Å². The minimum atomic E-state index is -0.509. The molecule has 0 saturated carbocycles. The number of carbonyl (C=O) groups excluding carboxylic acids is 1. The van der Waals surface area contributed by atoms with Crippen molar-refractivity contribution in [3.8, 4) is 5.75 Å². The number of benzene rings is 2. The van der Waals surface area contributed by atoms with Crippen LogP contribution in [-0.4, -0.2) is 31.5 Å². The highest BCUT2D eigenvalue weighted by molar-refractivity contribution is 5.68. The van der Waals surface area contributed by atoms with Crippen LogP contribution in [0.15, 0.2) is 36.4 Å². The van der Waals surface area contributed by atoms with E-state index in [0.717, 1.165) is 43.1 Å². The van der Waals surface area contributed by atoms with Crippen LogP contribution in [0.25, 0.3) is 0 Å². The topological polar surface area (TPSA) is 60.0 Å². The van der Waals surface area contributed by atoms with E-state index in [4.69, 9.17) is 14.2 Å². The predicted octanol–water partition coefficient (Wildman–Crippen LogP) is 4.18. The maximum absolute atomic E-state index is 12.0. The van der Waals surface area contributed by atoms with Gasteiger partial charge in [-0.3, -0.25) is 0 Å². The van der Waals surface area contributed by atoms with E-state index in [1.165, 1.54) is 16.7 Å². The molecule has 0 radical (unpaired) electrons. The van der Waals surface area contributed by atoms with Crippen LogP contribution >= 0.6 is 0 Å². The third-order valence-corrected chi connectivity index (χ3v) is 5.30. The summed E-state index contributed by atoms with van der Waals surface area (Å²) in [6.45, 7) is 9.79. The van der Waals surface area contributed by atoms with E-state index >= 15 is 0 Å². The van der Waals surface area contributed by atoms with E-state index < -0.39 is 11.7 Å². The Bertz CT molecular complexity index is 920. The Hall–Kier alpha value is -2.73. The lowest BCUT2D eigenvalue weighted by molar-refractivity contribution is 0.0523. The van der Waals surface area contributed by atoms with Crippen molar-refractivity contribution in [3.63, 3.8) is 0 Å². The number of hydrogen-bond acceptors (Lipinski definition) is 5. The fraction of sp³-hybridized carbons (Fsp3) is 0.458. The highest BCUT2D eigenvalue weighted by Gasteiger charge is 2.22. The molecule has 2 heterocycles. The SMILES string of the molecule is CC(C)(C)OC(=O)NCc1ccc2c(c1)N(Cc1cccc3c1CCOC3)CCO2. The zero-order valence-corrected chi connectivity index (χ0v) is 18.0. The summed E-state index contributed by atoms with van der Waals surface area (Å²) in [5.41, 5.74) is 5.63. The van der Waals surface area contributed by atoms with Gasteiger partial charge in [0, 0.05) is 13.1 Å².